The van der Waals surface area contributed by atoms with Gasteiger partial charge in [-0.2, -0.15) is 0 Å². The summed E-state index contributed by atoms with van der Waals surface area (Å²) in [6.07, 6.45) is 0.770. The normalized spacial score (nSPS) is 22.9. The molecule has 3 heterocycles. The molecule has 2 aromatic carbocycles. The number of aliphatic hydroxyl groups excluding tert-OH is 1. The highest BCUT2D eigenvalue weighted by Gasteiger charge is 2.55. The number of pyridine rings is 1. The van der Waals surface area contributed by atoms with E-state index in [1.807, 2.05) is 13.0 Å². The molecule has 0 aliphatic carbocycles. The molecule has 0 radical (unpaired) electrons. The molecule has 1 aromatic heterocycles. The van der Waals surface area contributed by atoms with Crippen LogP contribution in [0.15, 0.2) is 65.5 Å². The van der Waals surface area contributed by atoms with Gasteiger partial charge < -0.3 is 15.0 Å². The Balaban J connectivity index is 1.61. The van der Waals surface area contributed by atoms with Crippen molar-refractivity contribution in [3.8, 4) is 11.1 Å². The summed E-state index contributed by atoms with van der Waals surface area (Å²) in [5, 5.41) is 13.4. The molecule has 0 spiro atoms. The number of aromatic nitrogens is 1. The molecule has 8 heteroatoms. The van der Waals surface area contributed by atoms with Crippen molar-refractivity contribution in [3.05, 3.63) is 93.9 Å². The van der Waals surface area contributed by atoms with Gasteiger partial charge in [0.25, 0.3) is 5.56 Å². The van der Waals surface area contributed by atoms with E-state index in [9.17, 15) is 23.5 Å². The molecule has 1 saturated heterocycles. The Hall–Kier alpha value is -3.36. The van der Waals surface area contributed by atoms with Crippen molar-refractivity contribution in [2.45, 2.75) is 38.5 Å². The fraction of sp³-hybridized carbons (Fsp3) is 0.357. The van der Waals surface area contributed by atoms with Crippen LogP contribution in [-0.4, -0.2) is 39.7 Å². The molecule has 1 amide bonds. The van der Waals surface area contributed by atoms with Gasteiger partial charge in [0, 0.05) is 55.0 Å². The van der Waals surface area contributed by atoms with Crippen LogP contribution < -0.4 is 10.9 Å². The number of rotatable bonds is 7. The second-order valence-electron chi connectivity index (χ2n) is 9.53. The Morgan fingerprint density at radius 1 is 1.08 bits per heavy atom. The van der Waals surface area contributed by atoms with Crippen molar-refractivity contribution in [2.75, 3.05) is 13.2 Å². The van der Waals surface area contributed by atoms with Crippen LogP contribution in [0.5, 0.6) is 0 Å². The number of aliphatic hydroxyl groups is 1. The molecule has 2 aliphatic rings. The number of benzene rings is 2. The summed E-state index contributed by atoms with van der Waals surface area (Å²) in [5.41, 5.74) is 1.97. The van der Waals surface area contributed by atoms with Crippen molar-refractivity contribution in [1.29, 1.82) is 0 Å². The second-order valence-corrected chi connectivity index (χ2v) is 9.53. The number of amides is 1. The fourth-order valence-electron chi connectivity index (χ4n) is 5.78. The molecule has 3 aromatic rings. The lowest BCUT2D eigenvalue weighted by Gasteiger charge is -2.38. The number of nitrogens with zero attached hydrogens (tertiary/aromatic N) is 2. The summed E-state index contributed by atoms with van der Waals surface area (Å²) >= 11 is 0. The number of nitrogens with one attached hydrogen (secondary N) is 1. The number of halogens is 2. The third-order valence-corrected chi connectivity index (χ3v) is 7.49. The van der Waals surface area contributed by atoms with Crippen LogP contribution in [0.3, 0.4) is 0 Å². The minimum absolute atomic E-state index is 0.176. The molecule has 2 bridgehead atoms. The molecule has 188 valence electrons. The van der Waals surface area contributed by atoms with Crippen LogP contribution in [-0.2, 0) is 17.9 Å². The van der Waals surface area contributed by atoms with E-state index in [0.717, 1.165) is 6.42 Å². The van der Waals surface area contributed by atoms with E-state index in [2.05, 4.69) is 10.2 Å². The highest BCUT2D eigenvalue weighted by Crippen LogP contribution is 2.49. The Kier molecular flexibility index (Phi) is 6.73. The average molecular weight is 494 g/mol. The lowest BCUT2D eigenvalue weighted by atomic mass is 9.86. The summed E-state index contributed by atoms with van der Waals surface area (Å²) in [5.74, 6) is -1.91. The zero-order chi connectivity index (χ0) is 25.4. The summed E-state index contributed by atoms with van der Waals surface area (Å²) in [6, 6.07) is 15.0. The van der Waals surface area contributed by atoms with Gasteiger partial charge in [0.15, 0.2) is 0 Å². The van der Waals surface area contributed by atoms with Gasteiger partial charge >= 0.3 is 0 Å². The van der Waals surface area contributed by atoms with E-state index in [0.29, 0.717) is 28.9 Å². The maximum Gasteiger partial charge on any atom is 0.258 e. The van der Waals surface area contributed by atoms with Crippen molar-refractivity contribution in [3.63, 3.8) is 0 Å². The van der Waals surface area contributed by atoms with Gasteiger partial charge in [-0.15, -0.1) is 0 Å². The van der Waals surface area contributed by atoms with Crippen LogP contribution in [0.2, 0.25) is 0 Å². The molecule has 1 fully saturated rings. The molecule has 2 N–H and O–H groups in total. The van der Waals surface area contributed by atoms with E-state index in [1.165, 1.54) is 18.2 Å². The topological polar surface area (TPSA) is 74.6 Å². The van der Waals surface area contributed by atoms with Crippen LogP contribution in [0, 0.1) is 23.5 Å². The first-order valence-corrected chi connectivity index (χ1v) is 12.3. The van der Waals surface area contributed by atoms with Gasteiger partial charge in [-0.1, -0.05) is 37.3 Å². The Morgan fingerprint density at radius 2 is 1.83 bits per heavy atom. The maximum atomic E-state index is 14.6. The lowest BCUT2D eigenvalue weighted by molar-refractivity contribution is -0.127. The highest BCUT2D eigenvalue weighted by molar-refractivity contribution is 5.80. The van der Waals surface area contributed by atoms with E-state index in [4.69, 9.17) is 0 Å². The zero-order valence-electron chi connectivity index (χ0n) is 20.0. The molecule has 5 rings (SSSR count). The quantitative estimate of drug-likeness (QED) is 0.529. The Labute approximate surface area is 208 Å². The van der Waals surface area contributed by atoms with Gasteiger partial charge in [-0.3, -0.25) is 14.5 Å². The Morgan fingerprint density at radius 3 is 2.53 bits per heavy atom. The third-order valence-electron chi connectivity index (χ3n) is 7.49. The van der Waals surface area contributed by atoms with Crippen LogP contribution in [0.25, 0.3) is 11.1 Å². The van der Waals surface area contributed by atoms with E-state index < -0.39 is 17.9 Å². The smallest absolute Gasteiger partial charge is 0.258 e. The summed E-state index contributed by atoms with van der Waals surface area (Å²) < 4.78 is 29.7. The molecule has 36 heavy (non-hydrogen) atoms. The van der Waals surface area contributed by atoms with Gasteiger partial charge in [0.05, 0.1) is 12.0 Å². The van der Waals surface area contributed by atoms with Gasteiger partial charge in [0.1, 0.15) is 11.6 Å². The molecular formula is C28H29F2N3O3. The molecule has 6 nitrogen and oxygen atoms in total. The minimum Gasteiger partial charge on any atom is -0.396 e. The van der Waals surface area contributed by atoms with Crippen LogP contribution in [0.4, 0.5) is 8.78 Å². The van der Waals surface area contributed by atoms with Crippen LogP contribution in [0.1, 0.15) is 30.6 Å². The van der Waals surface area contributed by atoms with Gasteiger partial charge in [0.2, 0.25) is 5.91 Å². The first-order valence-electron chi connectivity index (χ1n) is 12.3. The van der Waals surface area contributed by atoms with E-state index in [-0.39, 0.29) is 48.8 Å². The van der Waals surface area contributed by atoms with Crippen molar-refractivity contribution < 1.29 is 18.7 Å². The molecule has 2 aliphatic heterocycles. The predicted molar refractivity (Wildman–Crippen MR) is 132 cm³/mol. The largest absolute Gasteiger partial charge is 0.396 e. The van der Waals surface area contributed by atoms with E-state index >= 15 is 0 Å². The molecule has 4 atom stereocenters. The van der Waals surface area contributed by atoms with Gasteiger partial charge in [-0.05, 0) is 42.3 Å². The predicted octanol–water partition coefficient (Wildman–Crippen LogP) is 3.48. The van der Waals surface area contributed by atoms with Crippen molar-refractivity contribution in [2.24, 2.45) is 11.8 Å². The van der Waals surface area contributed by atoms with Crippen molar-refractivity contribution >= 4 is 5.91 Å². The SMILES string of the molecule is CCCNC(=O)[C@H]1[C@H](CO)[C@H]2Cn3c(ccc(-c4ccc(F)cc4)c3=O)[C@@H]1N2Cc1ccccc1F. The maximum absolute atomic E-state index is 14.6. The number of carbonyl (C=O) groups excluding carboxylic acids is 1. The molecule has 0 unspecified atom stereocenters. The number of hydrogen-bond acceptors (Lipinski definition) is 4. The molecular weight excluding hydrogens is 464 g/mol. The highest BCUT2D eigenvalue weighted by atomic mass is 19.1. The number of carbonyl (C=O) groups is 1. The monoisotopic (exact) mass is 493 g/mol. The summed E-state index contributed by atoms with van der Waals surface area (Å²) in [6.45, 7) is 2.76. The average Bonchev–Trinajstić information content (AvgIpc) is 3.09. The third kappa shape index (κ3) is 4.14. The van der Waals surface area contributed by atoms with Gasteiger partial charge in [-0.25, -0.2) is 8.78 Å². The van der Waals surface area contributed by atoms with Crippen molar-refractivity contribution in [1.82, 2.24) is 14.8 Å². The second kappa shape index (κ2) is 9.95. The summed E-state index contributed by atoms with van der Waals surface area (Å²) in [7, 11) is 0. The standard InChI is InChI=1S/C28H29F2N3O3/c1-2-13-31-27(35)25-21(16-34)24-15-33-23(26(25)32(24)14-18-5-3-4-6-22(18)30)12-11-20(28(33)36)17-7-9-19(29)10-8-17/h3-12,21,24-26,34H,2,13-16H2,1H3,(H,31,35)/t21-,24-,25+,26+/m1/s1. The number of hydrogen-bond donors (Lipinski definition) is 2. The zero-order valence-corrected chi connectivity index (χ0v) is 20.0. The first-order chi connectivity index (χ1) is 17.4. The van der Waals surface area contributed by atoms with Crippen LogP contribution >= 0.6 is 0 Å². The minimum atomic E-state index is -0.594. The molecule has 0 saturated carbocycles. The summed E-state index contributed by atoms with van der Waals surface area (Å²) in [4.78, 5) is 29.0. The Bertz CT molecular complexity index is 1320. The van der Waals surface area contributed by atoms with E-state index in [1.54, 1.807) is 41.0 Å². The fourth-order valence-corrected chi connectivity index (χ4v) is 5.78. The number of fused-ring (bicyclic) bond motifs is 4. The lowest BCUT2D eigenvalue weighted by Crippen LogP contribution is -2.46. The first kappa shape index (κ1) is 24.3.